The summed E-state index contributed by atoms with van der Waals surface area (Å²) in [7, 11) is 1.46. The maximum atomic E-state index is 12.7. The van der Waals surface area contributed by atoms with Crippen LogP contribution in [0.25, 0.3) is 0 Å². The molecule has 1 atom stereocenters. The van der Waals surface area contributed by atoms with Crippen LogP contribution in [0.5, 0.6) is 11.5 Å². The number of carbonyl (C=O) groups excluding carboxylic acids is 1. The van der Waals surface area contributed by atoms with Gasteiger partial charge in [-0.2, -0.15) is 8.78 Å². The van der Waals surface area contributed by atoms with Crippen molar-refractivity contribution in [1.82, 2.24) is 0 Å². The molecule has 0 amide bonds. The van der Waals surface area contributed by atoms with Crippen LogP contribution in [-0.4, -0.2) is 26.8 Å². The lowest BCUT2D eigenvalue weighted by molar-refractivity contribution is -0.885. The van der Waals surface area contributed by atoms with Gasteiger partial charge in [0.2, 0.25) is 12.4 Å². The van der Waals surface area contributed by atoms with Gasteiger partial charge in [0.25, 0.3) is 6.47 Å². The predicted molar refractivity (Wildman–Crippen MR) is 104 cm³/mol. The molecule has 0 radical (unpaired) electrons. The number of hydrogen-bond acceptors (Lipinski definition) is 5. The molecule has 2 aromatic rings. The summed E-state index contributed by atoms with van der Waals surface area (Å²) in [4.78, 5) is 16.2. The van der Waals surface area contributed by atoms with Crippen molar-refractivity contribution in [3.05, 3.63) is 51.8 Å². The highest BCUT2D eigenvalue weighted by Gasteiger charge is 2.25. The van der Waals surface area contributed by atoms with Crippen LogP contribution < -0.4 is 19.0 Å². The Balaban J connectivity index is 1.89. The van der Waals surface area contributed by atoms with Gasteiger partial charge in [0, 0.05) is 16.7 Å². The summed E-state index contributed by atoms with van der Waals surface area (Å²) in [6.45, 7) is -2.29. The highest BCUT2D eigenvalue weighted by Crippen LogP contribution is 2.37. The topological polar surface area (TPSA) is 57.9 Å². The van der Waals surface area contributed by atoms with Gasteiger partial charge in [-0.3, -0.25) is 9.63 Å². The number of carbonyl (C=O) groups is 1. The molecule has 3 rings (SSSR count). The number of pyridine rings is 1. The van der Waals surface area contributed by atoms with Gasteiger partial charge in [-0.1, -0.05) is 29.3 Å². The zero-order chi connectivity index (χ0) is 21.7. The summed E-state index contributed by atoms with van der Waals surface area (Å²) < 4.78 is 42.3. The molecule has 1 heterocycles. The summed E-state index contributed by atoms with van der Waals surface area (Å²) in [6.07, 6.45) is 4.48. The predicted octanol–water partition coefficient (Wildman–Crippen LogP) is 4.19. The van der Waals surface area contributed by atoms with Crippen molar-refractivity contribution in [2.24, 2.45) is 5.92 Å². The maximum Gasteiger partial charge on any atom is 0.387 e. The molecule has 10 heteroatoms. The first-order chi connectivity index (χ1) is 14.4. The van der Waals surface area contributed by atoms with Crippen LogP contribution in [0.2, 0.25) is 10.0 Å². The molecule has 6 nitrogen and oxygen atoms in total. The number of aromatic nitrogens is 1. The number of benzene rings is 1. The molecule has 0 N–H and O–H groups in total. The summed E-state index contributed by atoms with van der Waals surface area (Å²) in [5.74, 6) is 0.474. The second-order valence-electron chi connectivity index (χ2n) is 6.74. The maximum absolute atomic E-state index is 12.7. The molecule has 0 spiro atoms. The average molecular weight is 463 g/mol. The smallest absolute Gasteiger partial charge is 0.387 e. The second-order valence-corrected chi connectivity index (χ2v) is 7.55. The monoisotopic (exact) mass is 462 g/mol. The van der Waals surface area contributed by atoms with Gasteiger partial charge in [0.1, 0.15) is 23.3 Å². The van der Waals surface area contributed by atoms with Crippen molar-refractivity contribution in [3.63, 3.8) is 0 Å². The molecule has 162 valence electrons. The fourth-order valence-corrected chi connectivity index (χ4v) is 3.45. The molecular formula is C20H20Cl2F2NO5+. The molecule has 1 aromatic heterocycles. The molecule has 1 aromatic carbocycles. The minimum absolute atomic E-state index is 0.0869. The third-order valence-electron chi connectivity index (χ3n) is 4.60. The van der Waals surface area contributed by atoms with Gasteiger partial charge in [0.15, 0.2) is 11.5 Å². The number of rotatable bonds is 11. The number of ether oxygens (including phenoxy) is 3. The Hall–Kier alpha value is -2.32. The Morgan fingerprint density at radius 2 is 1.90 bits per heavy atom. The first-order valence-electron chi connectivity index (χ1n) is 9.15. The highest BCUT2D eigenvalue weighted by molar-refractivity contribution is 6.35. The van der Waals surface area contributed by atoms with Gasteiger partial charge < -0.3 is 14.2 Å². The Labute approximate surface area is 182 Å². The first kappa shape index (κ1) is 22.4. The van der Waals surface area contributed by atoms with Crippen molar-refractivity contribution >= 4 is 29.7 Å². The zero-order valence-corrected chi connectivity index (χ0v) is 17.5. The molecule has 0 unspecified atom stereocenters. The third-order valence-corrected chi connectivity index (χ3v) is 5.26. The van der Waals surface area contributed by atoms with Gasteiger partial charge in [-0.05, 0) is 36.5 Å². The molecule has 30 heavy (non-hydrogen) atoms. The molecule has 1 fully saturated rings. The van der Waals surface area contributed by atoms with Gasteiger partial charge in [0.05, 0.1) is 6.61 Å². The first-order valence-corrected chi connectivity index (χ1v) is 9.91. The fourth-order valence-electron chi connectivity index (χ4n) is 2.85. The molecule has 1 saturated carbocycles. The van der Waals surface area contributed by atoms with E-state index in [-0.39, 0.29) is 17.9 Å². The molecule has 1 aliphatic carbocycles. The lowest BCUT2D eigenvalue weighted by Crippen LogP contribution is -2.40. The minimum atomic E-state index is -2.99. The standard InChI is InChI=1S/C20H20Cl2F2NO5/c1-27-25-8-15(21)14(16(22)9-25)7-18(29-11-26)13-4-5-17(30-20(23)24)19(6-13)28-10-12-2-3-12/h4-6,8-9,11-12,18,20H,2-3,7,10H2,1H3/q+1/t18-/m0/s1. The van der Waals surface area contributed by atoms with Crippen molar-refractivity contribution in [3.8, 4) is 11.5 Å². The Kier molecular flexibility index (Phi) is 7.55. The van der Waals surface area contributed by atoms with E-state index >= 15 is 0 Å². The fraction of sp³-hybridized carbons (Fsp3) is 0.400. The van der Waals surface area contributed by atoms with Crippen LogP contribution >= 0.6 is 23.2 Å². The van der Waals surface area contributed by atoms with E-state index in [4.69, 9.17) is 37.5 Å². The highest BCUT2D eigenvalue weighted by atomic mass is 35.5. The summed E-state index contributed by atoms with van der Waals surface area (Å²) in [5, 5.41) is 0.624. The molecule has 0 bridgehead atoms. The molecule has 1 aliphatic rings. The number of alkyl halides is 2. The van der Waals surface area contributed by atoms with E-state index in [1.807, 2.05) is 0 Å². The lowest BCUT2D eigenvalue weighted by atomic mass is 10.0. The van der Waals surface area contributed by atoms with Crippen LogP contribution in [0.15, 0.2) is 30.6 Å². The Morgan fingerprint density at radius 1 is 1.20 bits per heavy atom. The normalized spacial score (nSPS) is 14.3. The van der Waals surface area contributed by atoms with Crippen molar-refractivity contribution in [1.29, 1.82) is 0 Å². The van der Waals surface area contributed by atoms with Gasteiger partial charge in [-0.15, -0.1) is 0 Å². The lowest BCUT2D eigenvalue weighted by Gasteiger charge is -2.19. The van der Waals surface area contributed by atoms with E-state index in [9.17, 15) is 13.6 Å². The van der Waals surface area contributed by atoms with E-state index < -0.39 is 12.7 Å². The molecule has 0 saturated heterocycles. The van der Waals surface area contributed by atoms with Crippen molar-refractivity contribution in [2.45, 2.75) is 32.0 Å². The van der Waals surface area contributed by atoms with Gasteiger partial charge >= 0.3 is 6.61 Å². The Bertz CT molecular complexity index is 872. The minimum Gasteiger partial charge on any atom is -0.489 e. The number of nitrogens with zero attached hydrogens (tertiary/aromatic N) is 1. The van der Waals surface area contributed by atoms with Crippen molar-refractivity contribution in [2.75, 3.05) is 13.7 Å². The summed E-state index contributed by atoms with van der Waals surface area (Å²) >= 11 is 12.6. The zero-order valence-electron chi connectivity index (χ0n) is 16.0. The van der Waals surface area contributed by atoms with Gasteiger partial charge in [-0.25, -0.2) is 0 Å². The molecule has 0 aliphatic heterocycles. The van der Waals surface area contributed by atoms with E-state index in [1.165, 1.54) is 42.4 Å². The third kappa shape index (κ3) is 5.86. The van der Waals surface area contributed by atoms with E-state index in [0.29, 0.717) is 40.2 Å². The van der Waals surface area contributed by atoms with Crippen LogP contribution in [0.4, 0.5) is 8.78 Å². The van der Waals surface area contributed by atoms with Crippen LogP contribution in [0.3, 0.4) is 0 Å². The SMILES string of the molecule is CO[n+]1cc(Cl)c(C[C@H](OC=O)c2ccc(OC(F)F)c(OCC3CC3)c2)c(Cl)c1. The quantitative estimate of drug-likeness (QED) is 0.370. The van der Waals surface area contributed by atoms with Crippen LogP contribution in [0.1, 0.15) is 30.1 Å². The number of hydrogen-bond donors (Lipinski definition) is 0. The summed E-state index contributed by atoms with van der Waals surface area (Å²) in [6, 6.07) is 4.41. The second kappa shape index (κ2) is 10.1. The number of halogens is 4. The average Bonchev–Trinajstić information content (AvgIpc) is 3.53. The summed E-state index contributed by atoms with van der Waals surface area (Å²) in [5.41, 5.74) is 1.05. The van der Waals surface area contributed by atoms with E-state index in [1.54, 1.807) is 0 Å². The Morgan fingerprint density at radius 3 is 2.47 bits per heavy atom. The van der Waals surface area contributed by atoms with Crippen molar-refractivity contribution < 1.29 is 37.4 Å². The van der Waals surface area contributed by atoms with E-state index in [2.05, 4.69) is 4.74 Å². The largest absolute Gasteiger partial charge is 0.489 e. The molecular weight excluding hydrogens is 443 g/mol. The van der Waals surface area contributed by atoms with Crippen LogP contribution in [-0.2, 0) is 16.0 Å². The van der Waals surface area contributed by atoms with E-state index in [0.717, 1.165) is 12.8 Å². The van der Waals surface area contributed by atoms with Crippen LogP contribution in [0, 0.1) is 5.92 Å².